The second kappa shape index (κ2) is 2.24. The van der Waals surface area contributed by atoms with Crippen molar-refractivity contribution in [2.75, 3.05) is 0 Å². The van der Waals surface area contributed by atoms with E-state index in [1.54, 1.807) is 25.7 Å². The van der Waals surface area contributed by atoms with Gasteiger partial charge in [-0.05, 0) is 68.6 Å². The molecule has 0 heterocycles. The summed E-state index contributed by atoms with van der Waals surface area (Å²) in [5.41, 5.74) is 0. The van der Waals surface area contributed by atoms with E-state index in [0.717, 1.165) is 17.8 Å². The lowest BCUT2D eigenvalue weighted by Gasteiger charge is -2.38. The van der Waals surface area contributed by atoms with Crippen molar-refractivity contribution in [3.05, 3.63) is 5.92 Å². The minimum absolute atomic E-state index is 1.13. The van der Waals surface area contributed by atoms with E-state index in [1.807, 2.05) is 5.92 Å². The Morgan fingerprint density at radius 2 is 1.45 bits per heavy atom. The van der Waals surface area contributed by atoms with Gasteiger partial charge in [0.05, 0.1) is 0 Å². The summed E-state index contributed by atoms with van der Waals surface area (Å²) in [4.78, 5) is 0. The molecule has 0 aromatic carbocycles. The largest absolute Gasteiger partial charge is 0.0499 e. The summed E-state index contributed by atoms with van der Waals surface area (Å²) >= 11 is 0. The second-order valence-corrected chi connectivity index (χ2v) is 5.00. The summed E-state index contributed by atoms with van der Waals surface area (Å²) < 4.78 is 0. The molecule has 0 saturated heterocycles. The molecule has 4 aliphatic rings. The van der Waals surface area contributed by atoms with Gasteiger partial charge in [0.15, 0.2) is 0 Å². The molecule has 0 spiro atoms. The van der Waals surface area contributed by atoms with Crippen molar-refractivity contribution in [1.82, 2.24) is 0 Å². The van der Waals surface area contributed by atoms with E-state index < -0.39 is 0 Å². The molecule has 0 heteroatoms. The second-order valence-electron chi connectivity index (χ2n) is 5.00. The Balaban J connectivity index is 1.90. The van der Waals surface area contributed by atoms with Crippen LogP contribution in [0.4, 0.5) is 0 Å². The molecule has 0 aromatic rings. The molecule has 0 aromatic heterocycles. The van der Waals surface area contributed by atoms with Gasteiger partial charge in [0.1, 0.15) is 0 Å². The number of rotatable bonds is 0. The van der Waals surface area contributed by atoms with Crippen molar-refractivity contribution >= 4 is 0 Å². The Hall–Kier alpha value is 0. The van der Waals surface area contributed by atoms with Gasteiger partial charge in [-0.25, -0.2) is 0 Å². The fourth-order valence-corrected chi connectivity index (χ4v) is 3.78. The van der Waals surface area contributed by atoms with Crippen LogP contribution in [0.1, 0.15) is 44.9 Å². The lowest BCUT2D eigenvalue weighted by Crippen LogP contribution is -2.26. The van der Waals surface area contributed by atoms with Crippen molar-refractivity contribution in [2.24, 2.45) is 17.8 Å². The molecule has 3 atom stereocenters. The van der Waals surface area contributed by atoms with Crippen LogP contribution in [0.2, 0.25) is 0 Å². The molecule has 0 aliphatic heterocycles. The lowest BCUT2D eigenvalue weighted by atomic mass is 9.68. The maximum atomic E-state index is 1.94. The van der Waals surface area contributed by atoms with Gasteiger partial charge in [-0.1, -0.05) is 0 Å². The van der Waals surface area contributed by atoms with E-state index in [0.29, 0.717) is 0 Å². The maximum absolute atomic E-state index is 1.94. The Morgan fingerprint density at radius 1 is 0.818 bits per heavy atom. The Morgan fingerprint density at radius 3 is 2.18 bits per heavy atom. The van der Waals surface area contributed by atoms with Gasteiger partial charge >= 0.3 is 0 Å². The predicted octanol–water partition coefficient (Wildman–Crippen LogP) is 3.18. The zero-order chi connectivity index (χ0) is 7.26. The van der Waals surface area contributed by atoms with Gasteiger partial charge in [-0.15, -0.1) is 0 Å². The molecule has 11 heavy (non-hydrogen) atoms. The standard InChI is InChI=1S/C11H17/c1-2-9-5-10-3-8(1)4-11(6-9)7-10/h8,10-11H,1-7H2/t8?,10-,11+. The van der Waals surface area contributed by atoms with Gasteiger partial charge in [0.2, 0.25) is 0 Å². The Bertz CT molecular complexity index is 127. The summed E-state index contributed by atoms with van der Waals surface area (Å²) in [5.74, 6) is 5.33. The predicted molar refractivity (Wildman–Crippen MR) is 46.0 cm³/mol. The SMILES string of the molecule is C1CC2C[C@H]3C[C]1C[C@@H](C2)C3. The highest BCUT2D eigenvalue weighted by molar-refractivity contribution is 5.04. The molecule has 4 rings (SSSR count). The van der Waals surface area contributed by atoms with E-state index in [2.05, 4.69) is 0 Å². The van der Waals surface area contributed by atoms with Gasteiger partial charge in [0.25, 0.3) is 0 Å². The van der Waals surface area contributed by atoms with Gasteiger partial charge in [0, 0.05) is 0 Å². The zero-order valence-electron chi connectivity index (χ0n) is 7.18. The first-order chi connectivity index (χ1) is 5.40. The quantitative estimate of drug-likeness (QED) is 0.496. The summed E-state index contributed by atoms with van der Waals surface area (Å²) in [7, 11) is 0. The summed E-state index contributed by atoms with van der Waals surface area (Å²) in [6.45, 7) is 0. The first-order valence-corrected chi connectivity index (χ1v) is 5.23. The number of hydrogen-bond donors (Lipinski definition) is 0. The highest BCUT2D eigenvalue weighted by atomic mass is 14.4. The van der Waals surface area contributed by atoms with Crippen LogP contribution in [0.25, 0.3) is 0 Å². The van der Waals surface area contributed by atoms with Crippen molar-refractivity contribution in [3.63, 3.8) is 0 Å². The Labute approximate surface area is 69.4 Å². The highest BCUT2D eigenvalue weighted by Crippen LogP contribution is 2.51. The minimum atomic E-state index is 1.13. The average molecular weight is 149 g/mol. The molecule has 0 amide bonds. The first-order valence-electron chi connectivity index (χ1n) is 5.23. The van der Waals surface area contributed by atoms with Crippen LogP contribution in [-0.2, 0) is 0 Å². The highest BCUT2D eigenvalue weighted by Gasteiger charge is 2.39. The monoisotopic (exact) mass is 149 g/mol. The molecule has 61 valence electrons. The van der Waals surface area contributed by atoms with Crippen LogP contribution < -0.4 is 0 Å². The molecular weight excluding hydrogens is 132 g/mol. The molecule has 4 saturated carbocycles. The number of hydrogen-bond acceptors (Lipinski definition) is 0. The van der Waals surface area contributed by atoms with Crippen LogP contribution >= 0.6 is 0 Å². The topological polar surface area (TPSA) is 0 Å². The average Bonchev–Trinajstić information content (AvgIpc) is 2.18. The molecule has 1 unspecified atom stereocenters. The van der Waals surface area contributed by atoms with Crippen molar-refractivity contribution < 1.29 is 0 Å². The Kier molecular flexibility index (Phi) is 1.33. The maximum Gasteiger partial charge on any atom is -0.0235 e. The van der Waals surface area contributed by atoms with Crippen molar-refractivity contribution in [1.29, 1.82) is 0 Å². The third-order valence-corrected chi connectivity index (χ3v) is 4.06. The van der Waals surface area contributed by atoms with Gasteiger partial charge in [-0.3, -0.25) is 0 Å². The van der Waals surface area contributed by atoms with Crippen LogP contribution in [0.3, 0.4) is 0 Å². The van der Waals surface area contributed by atoms with Crippen molar-refractivity contribution in [3.8, 4) is 0 Å². The molecule has 4 bridgehead atoms. The molecular formula is C11H17. The fourth-order valence-electron chi connectivity index (χ4n) is 3.78. The zero-order valence-corrected chi connectivity index (χ0v) is 7.18. The minimum Gasteiger partial charge on any atom is -0.0499 e. The van der Waals surface area contributed by atoms with E-state index in [4.69, 9.17) is 0 Å². The molecule has 1 radical (unpaired) electrons. The normalized spacial score (nSPS) is 49.6. The lowest BCUT2D eigenvalue weighted by molar-refractivity contribution is 0.174. The van der Waals surface area contributed by atoms with Crippen LogP contribution in [-0.4, -0.2) is 0 Å². The van der Waals surface area contributed by atoms with Crippen LogP contribution in [0, 0.1) is 23.7 Å². The van der Waals surface area contributed by atoms with E-state index in [9.17, 15) is 0 Å². The van der Waals surface area contributed by atoms with Gasteiger partial charge in [-0.2, -0.15) is 0 Å². The van der Waals surface area contributed by atoms with Crippen LogP contribution in [0.15, 0.2) is 0 Å². The van der Waals surface area contributed by atoms with Gasteiger partial charge < -0.3 is 0 Å². The number of fused-ring (bicyclic) bond motifs is 1. The third kappa shape index (κ3) is 1.02. The molecule has 4 fully saturated rings. The third-order valence-electron chi connectivity index (χ3n) is 4.06. The first kappa shape index (κ1) is 6.51. The fraction of sp³-hybridized carbons (Fsp3) is 0.909. The summed E-state index contributed by atoms with van der Waals surface area (Å²) in [5, 5.41) is 0. The van der Waals surface area contributed by atoms with E-state index in [-0.39, 0.29) is 0 Å². The van der Waals surface area contributed by atoms with Crippen molar-refractivity contribution in [2.45, 2.75) is 44.9 Å². The smallest absolute Gasteiger partial charge is 0.0235 e. The molecule has 4 aliphatic carbocycles. The van der Waals surface area contributed by atoms with E-state index >= 15 is 0 Å². The molecule has 0 N–H and O–H groups in total. The summed E-state index contributed by atoms with van der Waals surface area (Å²) in [6.07, 6.45) is 10.8. The van der Waals surface area contributed by atoms with Crippen LogP contribution in [0.5, 0.6) is 0 Å². The summed E-state index contributed by atoms with van der Waals surface area (Å²) in [6, 6.07) is 0. The molecule has 0 nitrogen and oxygen atoms in total. The van der Waals surface area contributed by atoms with E-state index in [1.165, 1.54) is 19.3 Å².